The third kappa shape index (κ3) is 6.27. The Morgan fingerprint density at radius 1 is 1.35 bits per heavy atom. The molecule has 0 aliphatic carbocycles. The highest BCUT2D eigenvalue weighted by Gasteiger charge is 2.25. The highest BCUT2D eigenvalue weighted by atomic mass is 32.2. The molecule has 5 nitrogen and oxygen atoms in total. The minimum atomic E-state index is -3.25. The molecule has 0 radical (unpaired) electrons. The summed E-state index contributed by atoms with van der Waals surface area (Å²) in [7, 11) is -3.25. The van der Waals surface area contributed by atoms with E-state index in [2.05, 4.69) is 4.72 Å². The van der Waals surface area contributed by atoms with Gasteiger partial charge in [0, 0.05) is 25.6 Å². The van der Waals surface area contributed by atoms with E-state index in [-0.39, 0.29) is 17.8 Å². The van der Waals surface area contributed by atoms with Gasteiger partial charge in [-0.25, -0.2) is 17.5 Å². The average Bonchev–Trinajstić information content (AvgIpc) is 2.48. The average molecular weight is 342 g/mol. The van der Waals surface area contributed by atoms with Gasteiger partial charge in [-0.1, -0.05) is 12.1 Å². The van der Waals surface area contributed by atoms with Crippen molar-refractivity contribution in [3.05, 3.63) is 35.6 Å². The molecule has 1 amide bonds. The normalized spacial score (nSPS) is 18.9. The summed E-state index contributed by atoms with van der Waals surface area (Å²) in [6.45, 7) is 1.11. The molecule has 1 N–H and O–H groups in total. The molecule has 1 unspecified atom stereocenters. The van der Waals surface area contributed by atoms with Gasteiger partial charge in [-0.15, -0.1) is 0 Å². The van der Waals surface area contributed by atoms with E-state index in [1.807, 2.05) is 0 Å². The van der Waals surface area contributed by atoms with E-state index in [9.17, 15) is 17.6 Å². The number of likely N-dealkylation sites (tertiary alicyclic amines) is 1. The van der Waals surface area contributed by atoms with Crippen molar-refractivity contribution in [1.82, 2.24) is 9.62 Å². The summed E-state index contributed by atoms with van der Waals surface area (Å²) in [5.74, 6) is -0.213. The number of amides is 1. The van der Waals surface area contributed by atoms with Crippen molar-refractivity contribution in [2.24, 2.45) is 0 Å². The fraction of sp³-hybridized carbons (Fsp3) is 0.562. The van der Waals surface area contributed by atoms with Crippen LogP contribution in [0.1, 0.15) is 31.2 Å². The van der Waals surface area contributed by atoms with Gasteiger partial charge in [-0.05, 0) is 43.4 Å². The van der Waals surface area contributed by atoms with Crippen LogP contribution in [0, 0.1) is 5.82 Å². The third-order valence-electron chi connectivity index (χ3n) is 3.92. The van der Waals surface area contributed by atoms with Crippen LogP contribution in [0.4, 0.5) is 4.39 Å². The molecule has 1 heterocycles. The second-order valence-electron chi connectivity index (χ2n) is 6.05. The van der Waals surface area contributed by atoms with Crippen molar-refractivity contribution in [2.75, 3.05) is 19.3 Å². The van der Waals surface area contributed by atoms with E-state index in [1.54, 1.807) is 17.0 Å². The predicted octanol–water partition coefficient (Wildman–Crippen LogP) is 1.69. The number of hydrogen-bond donors (Lipinski definition) is 1. The summed E-state index contributed by atoms with van der Waals surface area (Å²) in [6, 6.07) is 6.10. The van der Waals surface area contributed by atoms with Crippen LogP contribution in [-0.4, -0.2) is 44.6 Å². The Labute approximate surface area is 136 Å². The third-order valence-corrected chi connectivity index (χ3v) is 4.69. The number of piperidine rings is 1. The molecule has 2 rings (SSSR count). The van der Waals surface area contributed by atoms with Crippen LogP contribution in [0.2, 0.25) is 0 Å². The molecule has 1 fully saturated rings. The number of hydrogen-bond acceptors (Lipinski definition) is 3. The molecule has 23 heavy (non-hydrogen) atoms. The smallest absolute Gasteiger partial charge is 0.222 e. The second-order valence-corrected chi connectivity index (χ2v) is 7.83. The van der Waals surface area contributed by atoms with Crippen molar-refractivity contribution in [2.45, 2.75) is 38.1 Å². The minimum absolute atomic E-state index is 0.0483. The summed E-state index contributed by atoms with van der Waals surface area (Å²) in [6.07, 6.45) is 4.54. The lowest BCUT2D eigenvalue weighted by Crippen LogP contribution is -2.49. The fourth-order valence-corrected chi connectivity index (χ4v) is 3.65. The highest BCUT2D eigenvalue weighted by molar-refractivity contribution is 7.88. The first-order valence-electron chi connectivity index (χ1n) is 7.83. The van der Waals surface area contributed by atoms with Crippen molar-refractivity contribution >= 4 is 15.9 Å². The Balaban J connectivity index is 1.77. The van der Waals surface area contributed by atoms with Crippen LogP contribution in [0.15, 0.2) is 24.3 Å². The number of nitrogens with one attached hydrogen (secondary N) is 1. The Kier molecular flexibility index (Phi) is 6.12. The lowest BCUT2D eigenvalue weighted by molar-refractivity contribution is -0.132. The van der Waals surface area contributed by atoms with Gasteiger partial charge in [0.1, 0.15) is 5.82 Å². The molecule has 0 saturated carbocycles. The number of aryl methyl sites for hydroxylation is 1. The molecule has 1 aromatic rings. The molecular weight excluding hydrogens is 319 g/mol. The van der Waals surface area contributed by atoms with Gasteiger partial charge < -0.3 is 4.90 Å². The number of sulfonamides is 1. The maximum atomic E-state index is 12.8. The van der Waals surface area contributed by atoms with Crippen molar-refractivity contribution < 1.29 is 17.6 Å². The van der Waals surface area contributed by atoms with Gasteiger partial charge in [0.2, 0.25) is 15.9 Å². The lowest BCUT2D eigenvalue weighted by Gasteiger charge is -2.32. The van der Waals surface area contributed by atoms with Crippen LogP contribution >= 0.6 is 0 Å². The summed E-state index contributed by atoms with van der Waals surface area (Å²) >= 11 is 0. The van der Waals surface area contributed by atoms with Crippen molar-refractivity contribution in [3.8, 4) is 0 Å². The zero-order chi connectivity index (χ0) is 16.9. The summed E-state index contributed by atoms with van der Waals surface area (Å²) < 4.78 is 38.0. The van der Waals surface area contributed by atoms with Gasteiger partial charge in [0.25, 0.3) is 0 Å². The van der Waals surface area contributed by atoms with Crippen LogP contribution in [-0.2, 0) is 21.2 Å². The first-order chi connectivity index (χ1) is 10.8. The quantitative estimate of drug-likeness (QED) is 0.855. The van der Waals surface area contributed by atoms with Gasteiger partial charge >= 0.3 is 0 Å². The lowest BCUT2D eigenvalue weighted by atomic mass is 10.0. The van der Waals surface area contributed by atoms with E-state index < -0.39 is 10.0 Å². The summed E-state index contributed by atoms with van der Waals surface area (Å²) in [5.41, 5.74) is 1.01. The molecular formula is C16H23FN2O3S. The molecule has 1 atom stereocenters. The fourth-order valence-electron chi connectivity index (χ4n) is 2.86. The first kappa shape index (κ1) is 17.9. The standard InChI is InChI=1S/C16H23FN2O3S/c1-23(21,22)18-15-5-3-11-19(12-15)16(20)6-2-4-13-7-9-14(17)10-8-13/h7-10,15,18H,2-6,11-12H2,1H3. The number of carbonyl (C=O) groups excluding carboxylic acids is 1. The highest BCUT2D eigenvalue weighted by Crippen LogP contribution is 2.14. The van der Waals surface area contributed by atoms with E-state index in [0.29, 0.717) is 25.9 Å². The molecule has 128 valence electrons. The molecule has 0 aromatic heterocycles. The molecule has 0 spiro atoms. The number of nitrogens with zero attached hydrogens (tertiary/aromatic N) is 1. The largest absolute Gasteiger partial charge is 0.341 e. The van der Waals surface area contributed by atoms with Gasteiger partial charge in [-0.3, -0.25) is 4.79 Å². The van der Waals surface area contributed by atoms with E-state index >= 15 is 0 Å². The number of rotatable bonds is 6. The van der Waals surface area contributed by atoms with Crippen LogP contribution in [0.25, 0.3) is 0 Å². The molecule has 7 heteroatoms. The predicted molar refractivity (Wildman–Crippen MR) is 86.9 cm³/mol. The molecule has 1 aromatic carbocycles. The van der Waals surface area contributed by atoms with E-state index in [1.165, 1.54) is 12.1 Å². The zero-order valence-electron chi connectivity index (χ0n) is 13.3. The monoisotopic (exact) mass is 342 g/mol. The summed E-state index contributed by atoms with van der Waals surface area (Å²) in [4.78, 5) is 14.0. The number of carbonyl (C=O) groups is 1. The topological polar surface area (TPSA) is 66.5 Å². The molecule has 1 aliphatic rings. The molecule has 1 aliphatic heterocycles. The van der Waals surface area contributed by atoms with Gasteiger partial charge in [-0.2, -0.15) is 0 Å². The van der Waals surface area contributed by atoms with E-state index in [4.69, 9.17) is 0 Å². The SMILES string of the molecule is CS(=O)(=O)NC1CCCN(C(=O)CCCc2ccc(F)cc2)C1. The Bertz CT molecular complexity index is 631. The first-order valence-corrected chi connectivity index (χ1v) is 9.72. The van der Waals surface area contributed by atoms with Crippen LogP contribution < -0.4 is 4.72 Å². The Morgan fingerprint density at radius 3 is 2.70 bits per heavy atom. The summed E-state index contributed by atoms with van der Waals surface area (Å²) in [5, 5.41) is 0. The van der Waals surface area contributed by atoms with Crippen molar-refractivity contribution in [3.63, 3.8) is 0 Å². The zero-order valence-corrected chi connectivity index (χ0v) is 14.1. The molecule has 1 saturated heterocycles. The van der Waals surface area contributed by atoms with Crippen LogP contribution in [0.3, 0.4) is 0 Å². The maximum absolute atomic E-state index is 12.8. The minimum Gasteiger partial charge on any atom is -0.341 e. The van der Waals surface area contributed by atoms with Crippen molar-refractivity contribution in [1.29, 1.82) is 0 Å². The van der Waals surface area contributed by atoms with Gasteiger partial charge in [0.15, 0.2) is 0 Å². The van der Waals surface area contributed by atoms with Crippen LogP contribution in [0.5, 0.6) is 0 Å². The van der Waals surface area contributed by atoms with E-state index in [0.717, 1.165) is 31.1 Å². The molecule has 0 bridgehead atoms. The van der Waals surface area contributed by atoms with Gasteiger partial charge in [0.05, 0.1) is 6.26 Å². The Morgan fingerprint density at radius 2 is 2.04 bits per heavy atom. The number of halogens is 1. The second kappa shape index (κ2) is 7.88. The number of benzene rings is 1. The Hall–Kier alpha value is -1.47. The maximum Gasteiger partial charge on any atom is 0.222 e.